The molecule has 2 aromatic rings. The van der Waals surface area contributed by atoms with Gasteiger partial charge in [-0.1, -0.05) is 30.3 Å². The summed E-state index contributed by atoms with van der Waals surface area (Å²) >= 11 is 0. The van der Waals surface area contributed by atoms with Crippen LogP contribution in [0.15, 0.2) is 54.6 Å². The average molecular weight is 226 g/mol. The summed E-state index contributed by atoms with van der Waals surface area (Å²) in [5.41, 5.74) is 8.65. The number of hydrogen-bond donors (Lipinski definition) is 2. The number of nitrogens with one attached hydrogen (secondary N) is 2. The first-order chi connectivity index (χ1) is 8.25. The van der Waals surface area contributed by atoms with Crippen molar-refractivity contribution in [3.8, 4) is 0 Å². The molecule has 3 heteroatoms. The van der Waals surface area contributed by atoms with E-state index in [-0.39, 0.29) is 5.78 Å². The summed E-state index contributed by atoms with van der Waals surface area (Å²) in [6.07, 6.45) is 0. The minimum Gasteiger partial charge on any atom is -0.301 e. The molecule has 0 amide bonds. The average Bonchev–Trinajstić information content (AvgIpc) is 2.38. The molecule has 86 valence electrons. The highest BCUT2D eigenvalue weighted by Gasteiger charge is 1.99. The predicted octanol–water partition coefficient (Wildman–Crippen LogP) is 3.33. The van der Waals surface area contributed by atoms with Gasteiger partial charge in [-0.25, -0.2) is 0 Å². The number of Topliss-reactive ketones (excluding diaryl/α,β-unsaturated/α-hetero) is 1. The molecule has 0 aliphatic carbocycles. The van der Waals surface area contributed by atoms with Crippen LogP contribution < -0.4 is 10.9 Å². The minimum absolute atomic E-state index is 0.0633. The fourth-order valence-electron chi connectivity index (χ4n) is 1.48. The quantitative estimate of drug-likeness (QED) is 0.620. The lowest BCUT2D eigenvalue weighted by Gasteiger charge is -2.10. The van der Waals surface area contributed by atoms with Gasteiger partial charge in [-0.2, -0.15) is 0 Å². The third-order valence-corrected chi connectivity index (χ3v) is 2.39. The van der Waals surface area contributed by atoms with Crippen LogP contribution in [0.2, 0.25) is 0 Å². The number of hydrazine groups is 1. The van der Waals surface area contributed by atoms with E-state index in [1.54, 1.807) is 13.0 Å². The van der Waals surface area contributed by atoms with Crippen LogP contribution in [-0.2, 0) is 0 Å². The Morgan fingerprint density at radius 2 is 1.53 bits per heavy atom. The Morgan fingerprint density at radius 3 is 2.24 bits per heavy atom. The maximum Gasteiger partial charge on any atom is 0.159 e. The molecule has 17 heavy (non-hydrogen) atoms. The first kappa shape index (κ1) is 11.2. The highest BCUT2D eigenvalue weighted by atomic mass is 16.1. The summed E-state index contributed by atoms with van der Waals surface area (Å²) in [6, 6.07) is 17.2. The van der Waals surface area contributed by atoms with E-state index < -0.39 is 0 Å². The maximum absolute atomic E-state index is 11.2. The second-order valence-electron chi connectivity index (χ2n) is 3.75. The van der Waals surface area contributed by atoms with E-state index in [1.807, 2.05) is 48.5 Å². The van der Waals surface area contributed by atoms with Gasteiger partial charge in [0.05, 0.1) is 11.4 Å². The normalized spacial score (nSPS) is 9.71. The Kier molecular flexibility index (Phi) is 3.40. The van der Waals surface area contributed by atoms with Gasteiger partial charge in [0.25, 0.3) is 0 Å². The van der Waals surface area contributed by atoms with E-state index in [1.165, 1.54) is 0 Å². The molecule has 0 unspecified atom stereocenters. The summed E-state index contributed by atoms with van der Waals surface area (Å²) in [4.78, 5) is 11.2. The molecule has 0 spiro atoms. The van der Waals surface area contributed by atoms with Gasteiger partial charge in [-0.15, -0.1) is 0 Å². The Bertz CT molecular complexity index is 509. The number of hydrogen-bond acceptors (Lipinski definition) is 3. The lowest BCUT2D eigenvalue weighted by atomic mass is 10.1. The third-order valence-electron chi connectivity index (χ3n) is 2.39. The van der Waals surface area contributed by atoms with Crippen LogP contribution in [0.25, 0.3) is 0 Å². The maximum atomic E-state index is 11.2. The zero-order valence-corrected chi connectivity index (χ0v) is 9.60. The first-order valence-corrected chi connectivity index (χ1v) is 5.44. The number of ketones is 1. The summed E-state index contributed by atoms with van der Waals surface area (Å²) in [6.45, 7) is 1.56. The van der Waals surface area contributed by atoms with Gasteiger partial charge >= 0.3 is 0 Å². The topological polar surface area (TPSA) is 41.1 Å². The van der Waals surface area contributed by atoms with Crippen LogP contribution in [0, 0.1) is 0 Å². The second kappa shape index (κ2) is 5.16. The standard InChI is InChI=1S/C14H14N2O/c1-11(17)12-6-5-9-14(10-12)16-15-13-7-3-2-4-8-13/h2-10,15-16H,1H3. The SMILES string of the molecule is CC(=O)c1cccc(NNc2ccccc2)c1. The van der Waals surface area contributed by atoms with Gasteiger partial charge in [-0.05, 0) is 31.2 Å². The van der Waals surface area contributed by atoms with E-state index in [4.69, 9.17) is 0 Å². The summed E-state index contributed by atoms with van der Waals surface area (Å²) in [5, 5.41) is 0. The molecule has 2 rings (SSSR count). The predicted molar refractivity (Wildman–Crippen MR) is 70.1 cm³/mol. The van der Waals surface area contributed by atoms with Gasteiger partial charge in [-0.3, -0.25) is 4.79 Å². The molecule has 0 bridgehead atoms. The fourth-order valence-corrected chi connectivity index (χ4v) is 1.48. The fraction of sp³-hybridized carbons (Fsp3) is 0.0714. The van der Waals surface area contributed by atoms with E-state index in [0.29, 0.717) is 5.56 Å². The van der Waals surface area contributed by atoms with Crippen molar-refractivity contribution in [2.24, 2.45) is 0 Å². The van der Waals surface area contributed by atoms with Crippen molar-refractivity contribution in [1.29, 1.82) is 0 Å². The molecule has 0 fully saturated rings. The van der Waals surface area contributed by atoms with Crippen LogP contribution in [0.4, 0.5) is 11.4 Å². The van der Waals surface area contributed by atoms with Gasteiger partial charge < -0.3 is 10.9 Å². The van der Waals surface area contributed by atoms with Gasteiger partial charge in [0, 0.05) is 5.56 Å². The molecular weight excluding hydrogens is 212 g/mol. The molecule has 3 nitrogen and oxygen atoms in total. The molecule has 2 N–H and O–H groups in total. The molecule has 0 saturated heterocycles. The number of rotatable bonds is 4. The van der Waals surface area contributed by atoms with Crippen molar-refractivity contribution in [3.63, 3.8) is 0 Å². The largest absolute Gasteiger partial charge is 0.301 e. The second-order valence-corrected chi connectivity index (χ2v) is 3.75. The van der Waals surface area contributed by atoms with Gasteiger partial charge in [0.15, 0.2) is 5.78 Å². The monoisotopic (exact) mass is 226 g/mol. The lowest BCUT2D eigenvalue weighted by Crippen LogP contribution is -2.08. The molecule has 0 radical (unpaired) electrons. The zero-order chi connectivity index (χ0) is 12.1. The highest BCUT2D eigenvalue weighted by molar-refractivity contribution is 5.94. The molecule has 0 heterocycles. The Labute approximate surface area is 100 Å². The molecule has 0 aromatic heterocycles. The molecule has 0 atom stereocenters. The lowest BCUT2D eigenvalue weighted by molar-refractivity contribution is 0.101. The molecule has 0 aliphatic rings. The molecule has 0 saturated carbocycles. The summed E-state index contributed by atoms with van der Waals surface area (Å²) in [7, 11) is 0. The van der Waals surface area contributed by atoms with Crippen LogP contribution in [0.3, 0.4) is 0 Å². The van der Waals surface area contributed by atoms with Crippen molar-refractivity contribution < 1.29 is 4.79 Å². The van der Waals surface area contributed by atoms with Crippen molar-refractivity contribution in [2.45, 2.75) is 6.92 Å². The van der Waals surface area contributed by atoms with Crippen molar-refractivity contribution in [2.75, 3.05) is 10.9 Å². The van der Waals surface area contributed by atoms with Gasteiger partial charge in [0.1, 0.15) is 0 Å². The molecular formula is C14H14N2O. The van der Waals surface area contributed by atoms with E-state index in [9.17, 15) is 4.79 Å². The summed E-state index contributed by atoms with van der Waals surface area (Å²) in [5.74, 6) is 0.0633. The zero-order valence-electron chi connectivity index (χ0n) is 9.60. The van der Waals surface area contributed by atoms with Crippen LogP contribution in [0.5, 0.6) is 0 Å². The van der Waals surface area contributed by atoms with Crippen molar-refractivity contribution in [3.05, 3.63) is 60.2 Å². The summed E-state index contributed by atoms with van der Waals surface area (Å²) < 4.78 is 0. The van der Waals surface area contributed by atoms with E-state index >= 15 is 0 Å². The third kappa shape index (κ3) is 3.08. The van der Waals surface area contributed by atoms with E-state index in [2.05, 4.69) is 10.9 Å². The number of carbonyl (C=O) groups excluding carboxylic acids is 1. The Hall–Kier alpha value is -2.29. The van der Waals surface area contributed by atoms with Crippen LogP contribution in [-0.4, -0.2) is 5.78 Å². The Balaban J connectivity index is 2.04. The first-order valence-electron chi connectivity index (χ1n) is 5.44. The highest BCUT2D eigenvalue weighted by Crippen LogP contribution is 2.12. The minimum atomic E-state index is 0.0633. The van der Waals surface area contributed by atoms with Crippen molar-refractivity contribution >= 4 is 17.2 Å². The molecule has 0 aliphatic heterocycles. The van der Waals surface area contributed by atoms with Crippen LogP contribution >= 0.6 is 0 Å². The molecule has 2 aromatic carbocycles. The van der Waals surface area contributed by atoms with Gasteiger partial charge in [0.2, 0.25) is 0 Å². The van der Waals surface area contributed by atoms with Crippen molar-refractivity contribution in [1.82, 2.24) is 0 Å². The smallest absolute Gasteiger partial charge is 0.159 e. The number of carbonyl (C=O) groups is 1. The number of para-hydroxylation sites is 1. The Morgan fingerprint density at radius 1 is 0.882 bits per heavy atom. The number of benzene rings is 2. The van der Waals surface area contributed by atoms with E-state index in [0.717, 1.165) is 11.4 Å². The number of anilines is 2. The van der Waals surface area contributed by atoms with Crippen LogP contribution in [0.1, 0.15) is 17.3 Å².